The fourth-order valence-electron chi connectivity index (χ4n) is 3.07. The minimum absolute atomic E-state index is 0.0122. The average Bonchev–Trinajstić information content (AvgIpc) is 3.15. The largest absolute Gasteiger partial charge is 0.508 e. The Morgan fingerprint density at radius 1 is 1.24 bits per heavy atom. The van der Waals surface area contributed by atoms with Crippen molar-refractivity contribution in [2.24, 2.45) is 0 Å². The molecule has 1 saturated heterocycles. The molecule has 0 radical (unpaired) electrons. The molecule has 3 aromatic rings. The van der Waals surface area contributed by atoms with Crippen molar-refractivity contribution in [3.8, 4) is 11.5 Å². The van der Waals surface area contributed by atoms with E-state index < -0.39 is 36.7 Å². The predicted molar refractivity (Wildman–Crippen MR) is 99.5 cm³/mol. The number of imidazole rings is 1. The Hall–Kier alpha value is -2.84. The summed E-state index contributed by atoms with van der Waals surface area (Å²) < 4.78 is 6.82. The molecular weight excluding hydrogens is 406 g/mol. The number of rotatable bonds is 4. The molecule has 4 rings (SSSR count). The molecule has 0 bridgehead atoms. The number of nitrogen functional groups attached to an aromatic ring is 1. The lowest BCUT2D eigenvalue weighted by Crippen LogP contribution is -2.33. The Morgan fingerprint density at radius 3 is 2.66 bits per heavy atom. The number of aromatic hydroxyl groups is 2. The van der Waals surface area contributed by atoms with Crippen molar-refractivity contribution in [3.63, 3.8) is 0 Å². The zero-order chi connectivity index (χ0) is 20.9. The molecule has 29 heavy (non-hydrogen) atoms. The Balaban J connectivity index is 1.89. The predicted octanol–water partition coefficient (Wildman–Crippen LogP) is -1.12. The van der Waals surface area contributed by atoms with Gasteiger partial charge in [0, 0.05) is 6.07 Å². The topological polar surface area (TPSA) is 200 Å². The van der Waals surface area contributed by atoms with Crippen molar-refractivity contribution >= 4 is 28.9 Å². The van der Waals surface area contributed by atoms with Crippen molar-refractivity contribution in [2.45, 2.75) is 34.6 Å². The summed E-state index contributed by atoms with van der Waals surface area (Å²) in [6, 6.07) is 3.91. The normalized spacial score (nSPS) is 24.4. The second-order valence-electron chi connectivity index (χ2n) is 6.37. The number of benzene rings is 1. The van der Waals surface area contributed by atoms with E-state index in [4.69, 9.17) is 10.5 Å². The third kappa shape index (κ3) is 3.28. The summed E-state index contributed by atoms with van der Waals surface area (Å²) in [6.07, 6.45) is -5.14. The standard InChI is InChI=1S/C16H17N5O7S/c17-15-19-12-9(13(27)20-15)18-16(29-8-2-1-5(23)3-6(8)24)21(12)14-11(26)10(25)7(4-22)28-14/h1-3,7,10-11,14,22-26H,4H2,(H3,17,19,20,27)/t7-,10-,11-,14-/m1/s1. The number of aromatic amines is 1. The highest BCUT2D eigenvalue weighted by Gasteiger charge is 2.45. The van der Waals surface area contributed by atoms with Gasteiger partial charge in [-0.05, 0) is 23.9 Å². The van der Waals surface area contributed by atoms with Crippen LogP contribution in [-0.2, 0) is 4.74 Å². The van der Waals surface area contributed by atoms with Gasteiger partial charge in [0.15, 0.2) is 22.5 Å². The summed E-state index contributed by atoms with van der Waals surface area (Å²) in [7, 11) is 0. The number of phenols is 2. The Bertz CT molecular complexity index is 1130. The summed E-state index contributed by atoms with van der Waals surface area (Å²) in [5.41, 5.74) is 4.89. The highest BCUT2D eigenvalue weighted by molar-refractivity contribution is 7.99. The van der Waals surface area contributed by atoms with E-state index >= 15 is 0 Å². The Kier molecular flexibility index (Phi) is 4.84. The number of nitrogens with one attached hydrogen (secondary N) is 1. The van der Waals surface area contributed by atoms with Crippen molar-refractivity contribution in [3.05, 3.63) is 28.6 Å². The number of aromatic nitrogens is 4. The summed E-state index contributed by atoms with van der Waals surface area (Å²) in [6.45, 7) is -0.543. The van der Waals surface area contributed by atoms with Gasteiger partial charge in [0.05, 0.1) is 11.5 Å². The van der Waals surface area contributed by atoms with E-state index in [9.17, 15) is 30.3 Å². The molecule has 0 unspecified atom stereocenters. The van der Waals surface area contributed by atoms with E-state index in [0.717, 1.165) is 17.8 Å². The summed E-state index contributed by atoms with van der Waals surface area (Å²) in [5, 5.41) is 49.6. The van der Waals surface area contributed by atoms with Crippen LogP contribution in [0.3, 0.4) is 0 Å². The Labute approximate surface area is 166 Å². The molecule has 1 aromatic carbocycles. The van der Waals surface area contributed by atoms with Crippen molar-refractivity contribution in [1.82, 2.24) is 19.5 Å². The van der Waals surface area contributed by atoms with Gasteiger partial charge in [0.1, 0.15) is 29.8 Å². The van der Waals surface area contributed by atoms with Crippen LogP contribution in [-0.4, -0.2) is 70.0 Å². The minimum atomic E-state index is -1.46. The van der Waals surface area contributed by atoms with Gasteiger partial charge in [0.25, 0.3) is 5.56 Å². The van der Waals surface area contributed by atoms with E-state index in [1.807, 2.05) is 0 Å². The lowest BCUT2D eigenvalue weighted by atomic mass is 10.1. The quantitative estimate of drug-likeness (QED) is 0.268. The number of anilines is 1. The maximum atomic E-state index is 12.3. The maximum absolute atomic E-state index is 12.3. The number of aliphatic hydroxyl groups excluding tert-OH is 3. The summed E-state index contributed by atoms with van der Waals surface area (Å²) in [5.74, 6) is -0.578. The maximum Gasteiger partial charge on any atom is 0.280 e. The van der Waals surface area contributed by atoms with Gasteiger partial charge in [-0.15, -0.1) is 0 Å². The van der Waals surface area contributed by atoms with Crippen LogP contribution in [0.15, 0.2) is 33.0 Å². The SMILES string of the molecule is Nc1nc2c(nc(Sc3ccc(O)cc3O)n2[C@@H]2O[C@H](CO)[C@@H](O)[C@H]2O)c(=O)[nH]1. The van der Waals surface area contributed by atoms with Crippen molar-refractivity contribution < 1.29 is 30.3 Å². The first-order valence-electron chi connectivity index (χ1n) is 8.40. The molecule has 154 valence electrons. The van der Waals surface area contributed by atoms with Crippen LogP contribution in [0.25, 0.3) is 11.2 Å². The fourth-order valence-corrected chi connectivity index (χ4v) is 3.99. The van der Waals surface area contributed by atoms with Crippen molar-refractivity contribution in [2.75, 3.05) is 12.3 Å². The number of fused-ring (bicyclic) bond motifs is 1. The molecule has 3 heterocycles. The molecule has 4 atom stereocenters. The number of H-pyrrole nitrogens is 1. The van der Waals surface area contributed by atoms with E-state index in [-0.39, 0.29) is 38.7 Å². The van der Waals surface area contributed by atoms with Crippen LogP contribution < -0.4 is 11.3 Å². The molecular formula is C16H17N5O7S. The van der Waals surface area contributed by atoms with E-state index in [2.05, 4.69) is 15.0 Å². The second kappa shape index (κ2) is 7.20. The molecule has 8 N–H and O–H groups in total. The molecule has 1 fully saturated rings. The van der Waals surface area contributed by atoms with Crippen LogP contribution >= 0.6 is 11.8 Å². The van der Waals surface area contributed by atoms with Gasteiger partial charge in [-0.25, -0.2) is 4.98 Å². The average molecular weight is 423 g/mol. The van der Waals surface area contributed by atoms with E-state index in [0.29, 0.717) is 0 Å². The summed E-state index contributed by atoms with van der Waals surface area (Å²) in [4.78, 5) is 23.2. The van der Waals surface area contributed by atoms with Crippen LogP contribution in [0.2, 0.25) is 0 Å². The third-order valence-corrected chi connectivity index (χ3v) is 5.49. The molecule has 0 spiro atoms. The monoisotopic (exact) mass is 423 g/mol. The lowest BCUT2D eigenvalue weighted by molar-refractivity contribution is -0.0548. The zero-order valence-corrected chi connectivity index (χ0v) is 15.4. The van der Waals surface area contributed by atoms with E-state index in [1.165, 1.54) is 16.7 Å². The van der Waals surface area contributed by atoms with Gasteiger partial charge >= 0.3 is 0 Å². The lowest BCUT2D eigenvalue weighted by Gasteiger charge is -2.19. The van der Waals surface area contributed by atoms with Gasteiger partial charge < -0.3 is 36.0 Å². The Morgan fingerprint density at radius 2 is 2.00 bits per heavy atom. The molecule has 1 aliphatic rings. The van der Waals surface area contributed by atoms with Gasteiger partial charge in [-0.2, -0.15) is 4.98 Å². The minimum Gasteiger partial charge on any atom is -0.508 e. The number of hydrogen-bond donors (Lipinski definition) is 7. The van der Waals surface area contributed by atoms with Gasteiger partial charge in [-0.3, -0.25) is 14.3 Å². The van der Waals surface area contributed by atoms with Gasteiger partial charge in [-0.1, -0.05) is 0 Å². The van der Waals surface area contributed by atoms with Gasteiger partial charge in [0.2, 0.25) is 5.95 Å². The zero-order valence-electron chi connectivity index (χ0n) is 14.6. The number of ether oxygens (including phenoxy) is 1. The number of nitrogens with two attached hydrogens (primary N) is 1. The van der Waals surface area contributed by atoms with Crippen LogP contribution in [0.4, 0.5) is 5.95 Å². The fraction of sp³-hybridized carbons (Fsp3) is 0.312. The van der Waals surface area contributed by atoms with Crippen LogP contribution in [0.5, 0.6) is 11.5 Å². The van der Waals surface area contributed by atoms with Crippen LogP contribution in [0, 0.1) is 0 Å². The van der Waals surface area contributed by atoms with Crippen LogP contribution in [0.1, 0.15) is 6.23 Å². The second-order valence-corrected chi connectivity index (χ2v) is 7.38. The first kappa shape index (κ1) is 19.5. The highest BCUT2D eigenvalue weighted by Crippen LogP contribution is 2.40. The smallest absolute Gasteiger partial charge is 0.280 e. The van der Waals surface area contributed by atoms with Crippen molar-refractivity contribution in [1.29, 1.82) is 0 Å². The molecule has 0 aliphatic carbocycles. The molecule has 1 aliphatic heterocycles. The number of nitrogens with zero attached hydrogens (tertiary/aromatic N) is 3. The number of hydrogen-bond acceptors (Lipinski definition) is 11. The first-order chi connectivity index (χ1) is 13.8. The summed E-state index contributed by atoms with van der Waals surface area (Å²) >= 11 is 0.911. The molecule has 13 heteroatoms. The molecule has 2 aromatic heterocycles. The molecule has 12 nitrogen and oxygen atoms in total. The number of aliphatic hydroxyl groups is 3. The molecule has 0 saturated carbocycles. The third-order valence-electron chi connectivity index (χ3n) is 4.45. The first-order valence-corrected chi connectivity index (χ1v) is 9.21. The molecule has 0 amide bonds. The highest BCUT2D eigenvalue weighted by atomic mass is 32.2. The number of phenolic OH excluding ortho intramolecular Hbond substituents is 2. The van der Waals surface area contributed by atoms with E-state index in [1.54, 1.807) is 0 Å².